The Morgan fingerprint density at radius 2 is 1.45 bits per heavy atom. The summed E-state index contributed by atoms with van der Waals surface area (Å²) in [5, 5.41) is 0. The summed E-state index contributed by atoms with van der Waals surface area (Å²) in [7, 11) is 0. The van der Waals surface area contributed by atoms with Crippen LogP contribution in [0.4, 0.5) is 0 Å². The Hall–Kier alpha value is -0.690. The zero-order valence-corrected chi connectivity index (χ0v) is 13.4. The van der Waals surface area contributed by atoms with Crippen LogP contribution < -0.4 is 0 Å². The lowest BCUT2D eigenvalue weighted by atomic mass is 10.2. The molecule has 0 radical (unpaired) electrons. The van der Waals surface area contributed by atoms with Crippen LogP contribution in [0, 0.1) is 11.8 Å². The number of carbonyl (C=O) groups excluding carboxylic acids is 1. The first-order chi connectivity index (χ1) is 9.29. The fourth-order valence-electron chi connectivity index (χ4n) is 1.14. The van der Waals surface area contributed by atoms with Gasteiger partial charge < -0.3 is 4.74 Å². The normalized spacial score (nSPS) is 12.2. The second-order valence-corrected chi connectivity index (χ2v) is 5.64. The molecule has 0 bridgehead atoms. The summed E-state index contributed by atoms with van der Waals surface area (Å²) in [6.07, 6.45) is -0.114. The molecule has 0 amide bonds. The van der Waals surface area contributed by atoms with Crippen LogP contribution in [-0.2, 0) is 29.1 Å². The van der Waals surface area contributed by atoms with E-state index < -0.39 is 11.8 Å². The molecule has 0 rings (SSSR count). The zero-order valence-electron chi connectivity index (χ0n) is 13.4. The summed E-state index contributed by atoms with van der Waals surface area (Å²) in [6, 6.07) is 0. The average Bonchev–Trinajstić information content (AvgIpc) is 2.27. The van der Waals surface area contributed by atoms with Crippen molar-refractivity contribution in [1.82, 2.24) is 0 Å². The van der Waals surface area contributed by atoms with Gasteiger partial charge in [0, 0.05) is 0 Å². The molecule has 0 N–H and O–H groups in total. The van der Waals surface area contributed by atoms with Gasteiger partial charge >= 0.3 is 5.97 Å². The lowest BCUT2D eigenvalue weighted by Crippen LogP contribution is -2.36. The van der Waals surface area contributed by atoms with Gasteiger partial charge in [-0.1, -0.05) is 27.7 Å². The van der Waals surface area contributed by atoms with Crippen molar-refractivity contribution in [2.75, 3.05) is 19.8 Å². The van der Waals surface area contributed by atoms with Gasteiger partial charge in [0.25, 0.3) is 0 Å². The highest BCUT2D eigenvalue weighted by Gasteiger charge is 2.34. The van der Waals surface area contributed by atoms with Gasteiger partial charge in [-0.15, -0.1) is 0 Å². The molecule has 0 atom stereocenters. The second kappa shape index (κ2) is 10.1. The molecule has 6 heteroatoms. The van der Waals surface area contributed by atoms with Crippen LogP contribution in [0.2, 0.25) is 0 Å². The Labute approximate surface area is 121 Å². The Kier molecular flexibility index (Phi) is 9.75. The zero-order chi connectivity index (χ0) is 15.6. The van der Waals surface area contributed by atoms with Crippen LogP contribution in [0.1, 0.15) is 48.0 Å². The molecular formula is C14H28O6. The first-order valence-electron chi connectivity index (χ1n) is 7.06. The van der Waals surface area contributed by atoms with Gasteiger partial charge in [-0.25, -0.2) is 9.78 Å². The van der Waals surface area contributed by atoms with Crippen molar-refractivity contribution in [2.24, 2.45) is 11.8 Å². The van der Waals surface area contributed by atoms with Crippen LogP contribution in [-0.4, -0.2) is 31.6 Å². The average molecular weight is 292 g/mol. The number of carbonyl (C=O) groups is 1. The fraction of sp³-hybridized carbons (Fsp3) is 0.929. The molecule has 0 aliphatic carbocycles. The van der Waals surface area contributed by atoms with E-state index in [-0.39, 0.29) is 6.42 Å². The molecule has 6 nitrogen and oxygen atoms in total. The van der Waals surface area contributed by atoms with E-state index in [2.05, 4.69) is 0 Å². The largest absolute Gasteiger partial charge is 0.466 e. The standard InChI is InChI=1S/C14H28O6/c1-7-16-13(15)8-14(6,19-17-9-11(2)3)20-18-10-12(4)5/h11-12H,7-10H2,1-6H3. The molecule has 0 heterocycles. The number of hydrogen-bond donors (Lipinski definition) is 0. The van der Waals surface area contributed by atoms with Crippen molar-refractivity contribution in [3.63, 3.8) is 0 Å². The molecule has 0 fully saturated rings. The third-order valence-electron chi connectivity index (χ3n) is 2.04. The predicted octanol–water partition coefficient (Wildman–Crippen LogP) is 2.86. The fourth-order valence-corrected chi connectivity index (χ4v) is 1.14. The van der Waals surface area contributed by atoms with Gasteiger partial charge in [0.2, 0.25) is 5.79 Å². The number of esters is 1. The van der Waals surface area contributed by atoms with Crippen molar-refractivity contribution in [3.05, 3.63) is 0 Å². The molecule has 0 saturated heterocycles. The quantitative estimate of drug-likeness (QED) is 0.252. The molecule has 20 heavy (non-hydrogen) atoms. The third-order valence-corrected chi connectivity index (χ3v) is 2.04. The van der Waals surface area contributed by atoms with E-state index in [1.165, 1.54) is 0 Å². The van der Waals surface area contributed by atoms with Gasteiger partial charge in [-0.3, -0.25) is 4.79 Å². The first kappa shape index (κ1) is 19.3. The van der Waals surface area contributed by atoms with Crippen molar-refractivity contribution in [2.45, 2.75) is 53.8 Å². The van der Waals surface area contributed by atoms with Gasteiger partial charge in [0.1, 0.15) is 6.42 Å². The van der Waals surface area contributed by atoms with Gasteiger partial charge in [-0.2, -0.15) is 9.78 Å². The molecular weight excluding hydrogens is 264 g/mol. The molecule has 0 aromatic rings. The van der Waals surface area contributed by atoms with Gasteiger partial charge in [-0.05, 0) is 25.7 Å². The Morgan fingerprint density at radius 1 is 1.00 bits per heavy atom. The molecule has 0 aromatic carbocycles. The van der Waals surface area contributed by atoms with Crippen molar-refractivity contribution >= 4 is 5.97 Å². The van der Waals surface area contributed by atoms with Crippen LogP contribution in [0.5, 0.6) is 0 Å². The molecule has 0 spiro atoms. The van der Waals surface area contributed by atoms with E-state index in [1.807, 2.05) is 27.7 Å². The molecule has 0 unspecified atom stereocenters. The smallest absolute Gasteiger partial charge is 0.311 e. The third kappa shape index (κ3) is 10.1. The van der Waals surface area contributed by atoms with E-state index in [4.69, 9.17) is 24.3 Å². The molecule has 0 saturated carbocycles. The second-order valence-electron chi connectivity index (χ2n) is 5.64. The van der Waals surface area contributed by atoms with E-state index in [0.717, 1.165) is 0 Å². The van der Waals surface area contributed by atoms with Crippen LogP contribution in [0.25, 0.3) is 0 Å². The highest BCUT2D eigenvalue weighted by Crippen LogP contribution is 2.20. The Morgan fingerprint density at radius 3 is 1.80 bits per heavy atom. The van der Waals surface area contributed by atoms with E-state index in [1.54, 1.807) is 13.8 Å². The maximum atomic E-state index is 11.6. The lowest BCUT2D eigenvalue weighted by molar-refractivity contribution is -0.507. The van der Waals surface area contributed by atoms with Crippen molar-refractivity contribution in [3.8, 4) is 0 Å². The van der Waals surface area contributed by atoms with E-state index >= 15 is 0 Å². The lowest BCUT2D eigenvalue weighted by Gasteiger charge is -2.26. The van der Waals surface area contributed by atoms with E-state index in [9.17, 15) is 4.79 Å². The van der Waals surface area contributed by atoms with Gasteiger partial charge in [0.15, 0.2) is 0 Å². The van der Waals surface area contributed by atoms with Crippen LogP contribution >= 0.6 is 0 Å². The summed E-state index contributed by atoms with van der Waals surface area (Å²) in [4.78, 5) is 32.1. The monoisotopic (exact) mass is 292 g/mol. The predicted molar refractivity (Wildman–Crippen MR) is 73.4 cm³/mol. The summed E-state index contributed by atoms with van der Waals surface area (Å²) >= 11 is 0. The molecule has 120 valence electrons. The molecule has 0 aliphatic rings. The highest BCUT2D eigenvalue weighted by molar-refractivity contribution is 5.70. The minimum absolute atomic E-state index is 0.114. The van der Waals surface area contributed by atoms with Crippen molar-refractivity contribution in [1.29, 1.82) is 0 Å². The Bertz CT molecular complexity index is 250. The molecule has 0 aromatic heterocycles. The van der Waals surface area contributed by atoms with Crippen LogP contribution in [0.3, 0.4) is 0 Å². The molecule has 0 aliphatic heterocycles. The maximum absolute atomic E-state index is 11.6. The van der Waals surface area contributed by atoms with Gasteiger partial charge in [0.05, 0.1) is 19.8 Å². The minimum atomic E-state index is -1.32. The highest BCUT2D eigenvalue weighted by atomic mass is 17.3. The minimum Gasteiger partial charge on any atom is -0.466 e. The summed E-state index contributed by atoms with van der Waals surface area (Å²) in [6.45, 7) is 12.4. The Balaban J connectivity index is 4.36. The number of ether oxygens (including phenoxy) is 1. The topological polar surface area (TPSA) is 63.2 Å². The van der Waals surface area contributed by atoms with Crippen LogP contribution in [0.15, 0.2) is 0 Å². The van der Waals surface area contributed by atoms with Crippen molar-refractivity contribution < 1.29 is 29.1 Å². The van der Waals surface area contributed by atoms with E-state index in [0.29, 0.717) is 31.7 Å². The SMILES string of the molecule is CCOC(=O)CC(C)(OOCC(C)C)OOCC(C)C. The number of hydrogen-bond acceptors (Lipinski definition) is 6. The number of rotatable bonds is 11. The maximum Gasteiger partial charge on any atom is 0.311 e. The summed E-state index contributed by atoms with van der Waals surface area (Å²) in [5.41, 5.74) is 0. The first-order valence-corrected chi connectivity index (χ1v) is 7.06. The summed E-state index contributed by atoms with van der Waals surface area (Å²) < 4.78 is 4.88. The summed E-state index contributed by atoms with van der Waals surface area (Å²) in [5.74, 6) is -1.15.